The highest BCUT2D eigenvalue weighted by atomic mass is 35.5. The molecule has 2 nitrogen and oxygen atoms in total. The van der Waals surface area contributed by atoms with Gasteiger partial charge in [-0.05, 0) is 82.3 Å². The van der Waals surface area contributed by atoms with E-state index < -0.39 is 0 Å². The number of fused-ring (bicyclic) bond motifs is 4. The molecule has 1 N–H and O–H groups in total. The van der Waals surface area contributed by atoms with E-state index in [0.717, 1.165) is 24.3 Å². The predicted molar refractivity (Wildman–Crippen MR) is 187 cm³/mol. The van der Waals surface area contributed by atoms with Crippen LogP contribution in [-0.4, -0.2) is 20.1 Å². The van der Waals surface area contributed by atoms with Gasteiger partial charge < -0.3 is 10.2 Å². The fourth-order valence-corrected chi connectivity index (χ4v) is 7.76. The van der Waals surface area contributed by atoms with E-state index in [1.807, 2.05) is 0 Å². The van der Waals surface area contributed by atoms with Crippen molar-refractivity contribution in [2.75, 3.05) is 19.0 Å². The minimum atomic E-state index is -0.116. The first-order chi connectivity index (χ1) is 20.6. The maximum Gasteiger partial charge on any atom is 0.0469 e. The van der Waals surface area contributed by atoms with Gasteiger partial charge >= 0.3 is 0 Å². The highest BCUT2D eigenvalue weighted by Gasteiger charge is 2.39. The van der Waals surface area contributed by atoms with Crippen molar-refractivity contribution in [3.8, 4) is 0 Å². The molecule has 1 atom stereocenters. The van der Waals surface area contributed by atoms with E-state index in [1.54, 1.807) is 0 Å². The van der Waals surface area contributed by atoms with Crippen molar-refractivity contribution >= 4 is 38.8 Å². The predicted octanol–water partition coefficient (Wildman–Crippen LogP) is 10.3. The molecule has 0 saturated heterocycles. The van der Waals surface area contributed by atoms with Crippen molar-refractivity contribution in [2.24, 2.45) is 0 Å². The lowest BCUT2D eigenvalue weighted by atomic mass is 9.75. The number of benzene rings is 4. The first kappa shape index (κ1) is 29.5. The summed E-state index contributed by atoms with van der Waals surface area (Å²) in [6.07, 6.45) is 12.3. The number of anilines is 1. The SMILES string of the molecule is CNC(/C=C/C1=C(Cl)C(=C/C=C2/N(C)c3ccc4ccccc4c3C2(C)C)/CCC1)C(C)(C)c1cccc2ccccc12. The van der Waals surface area contributed by atoms with Crippen molar-refractivity contribution in [1.29, 1.82) is 0 Å². The zero-order valence-corrected chi connectivity index (χ0v) is 27.1. The second kappa shape index (κ2) is 11.5. The fraction of sp³-hybridized carbons (Fsp3) is 0.300. The molecular weight excluding hydrogens is 544 g/mol. The molecule has 0 saturated carbocycles. The molecule has 1 aliphatic heterocycles. The molecule has 6 rings (SSSR count). The smallest absolute Gasteiger partial charge is 0.0469 e. The first-order valence-corrected chi connectivity index (χ1v) is 15.9. The lowest BCUT2D eigenvalue weighted by Crippen LogP contribution is -2.41. The van der Waals surface area contributed by atoms with E-state index in [1.165, 1.54) is 55.2 Å². The topological polar surface area (TPSA) is 15.3 Å². The Balaban J connectivity index is 1.30. The average Bonchev–Trinajstić information content (AvgIpc) is 3.21. The molecule has 2 aliphatic rings. The van der Waals surface area contributed by atoms with Gasteiger partial charge in [-0.25, -0.2) is 0 Å². The monoisotopic (exact) mass is 586 g/mol. The quantitative estimate of drug-likeness (QED) is 0.242. The van der Waals surface area contributed by atoms with Gasteiger partial charge in [0.05, 0.1) is 0 Å². The summed E-state index contributed by atoms with van der Waals surface area (Å²) in [5, 5.41) is 9.71. The molecule has 0 aromatic heterocycles. The molecule has 3 heteroatoms. The minimum absolute atomic E-state index is 0.108. The van der Waals surface area contributed by atoms with Gasteiger partial charge in [0.15, 0.2) is 0 Å². The van der Waals surface area contributed by atoms with E-state index >= 15 is 0 Å². The number of allylic oxidation sites excluding steroid dienone is 7. The molecule has 1 aliphatic carbocycles. The Morgan fingerprint density at radius 3 is 2.28 bits per heavy atom. The lowest BCUT2D eigenvalue weighted by Gasteiger charge is -2.34. The molecule has 0 amide bonds. The van der Waals surface area contributed by atoms with Gasteiger partial charge in [0.1, 0.15) is 0 Å². The Bertz CT molecular complexity index is 1810. The van der Waals surface area contributed by atoms with Crippen LogP contribution in [0.2, 0.25) is 0 Å². The van der Waals surface area contributed by atoms with Crippen LogP contribution >= 0.6 is 11.6 Å². The number of likely N-dealkylation sites (N-methyl/N-ethyl adjacent to an activating group) is 2. The van der Waals surface area contributed by atoms with Gasteiger partial charge in [0.2, 0.25) is 0 Å². The van der Waals surface area contributed by atoms with Crippen LogP contribution in [0.1, 0.15) is 58.1 Å². The Hall–Kier alpha value is -3.59. The van der Waals surface area contributed by atoms with Crippen LogP contribution in [0.3, 0.4) is 0 Å². The third-order valence-corrected chi connectivity index (χ3v) is 10.3. The molecule has 4 aromatic carbocycles. The zero-order chi connectivity index (χ0) is 30.4. The van der Waals surface area contributed by atoms with Gasteiger partial charge in [-0.15, -0.1) is 0 Å². The number of hydrogen-bond acceptors (Lipinski definition) is 2. The molecule has 1 unspecified atom stereocenters. The van der Waals surface area contributed by atoms with E-state index in [2.05, 4.69) is 155 Å². The minimum Gasteiger partial charge on any atom is -0.347 e. The van der Waals surface area contributed by atoms with Crippen LogP contribution in [-0.2, 0) is 10.8 Å². The molecule has 43 heavy (non-hydrogen) atoms. The van der Waals surface area contributed by atoms with Crippen LogP contribution < -0.4 is 10.2 Å². The van der Waals surface area contributed by atoms with Crippen LogP contribution in [0.4, 0.5) is 5.69 Å². The molecular formula is C40H43ClN2. The van der Waals surface area contributed by atoms with Gasteiger partial charge in [-0.3, -0.25) is 0 Å². The molecule has 0 radical (unpaired) electrons. The summed E-state index contributed by atoms with van der Waals surface area (Å²) in [5.41, 5.74) is 7.55. The number of hydrogen-bond donors (Lipinski definition) is 1. The molecule has 4 aromatic rings. The van der Waals surface area contributed by atoms with Crippen LogP contribution in [0.25, 0.3) is 21.5 Å². The van der Waals surface area contributed by atoms with Crippen molar-refractivity contribution in [2.45, 2.75) is 63.8 Å². The van der Waals surface area contributed by atoms with E-state index in [-0.39, 0.29) is 16.9 Å². The highest BCUT2D eigenvalue weighted by Crippen LogP contribution is 2.50. The molecule has 0 bridgehead atoms. The Kier molecular flexibility index (Phi) is 7.87. The number of nitrogens with zero attached hydrogens (tertiary/aromatic N) is 1. The van der Waals surface area contributed by atoms with Gasteiger partial charge in [-0.1, -0.05) is 130 Å². The van der Waals surface area contributed by atoms with E-state index in [9.17, 15) is 0 Å². The summed E-state index contributed by atoms with van der Waals surface area (Å²) in [5.74, 6) is 0. The van der Waals surface area contributed by atoms with Crippen LogP contribution in [0.15, 0.2) is 125 Å². The second-order valence-corrected chi connectivity index (χ2v) is 13.6. The van der Waals surface area contributed by atoms with E-state index in [4.69, 9.17) is 11.6 Å². The van der Waals surface area contributed by atoms with Gasteiger partial charge in [-0.2, -0.15) is 0 Å². The first-order valence-electron chi connectivity index (χ1n) is 15.5. The van der Waals surface area contributed by atoms with Crippen molar-refractivity contribution in [3.05, 3.63) is 136 Å². The highest BCUT2D eigenvalue weighted by molar-refractivity contribution is 6.32. The van der Waals surface area contributed by atoms with Gasteiger partial charge in [0, 0.05) is 40.3 Å². The van der Waals surface area contributed by atoms with Crippen LogP contribution in [0.5, 0.6) is 0 Å². The van der Waals surface area contributed by atoms with Crippen molar-refractivity contribution in [3.63, 3.8) is 0 Å². The van der Waals surface area contributed by atoms with Crippen molar-refractivity contribution in [1.82, 2.24) is 5.32 Å². The second-order valence-electron chi connectivity index (χ2n) is 13.2. The largest absolute Gasteiger partial charge is 0.347 e. The zero-order valence-electron chi connectivity index (χ0n) is 26.3. The number of nitrogens with one attached hydrogen (secondary N) is 1. The molecule has 0 fully saturated rings. The van der Waals surface area contributed by atoms with Crippen molar-refractivity contribution < 1.29 is 0 Å². The molecule has 1 heterocycles. The normalized spacial score (nSPS) is 19.7. The third-order valence-electron chi connectivity index (χ3n) is 9.86. The molecule has 0 spiro atoms. The average molecular weight is 587 g/mol. The van der Waals surface area contributed by atoms with Gasteiger partial charge in [0.25, 0.3) is 0 Å². The Labute approximate surface area is 262 Å². The summed E-state index contributed by atoms with van der Waals surface area (Å²) in [6.45, 7) is 9.34. The summed E-state index contributed by atoms with van der Waals surface area (Å²) in [7, 11) is 4.24. The summed E-state index contributed by atoms with van der Waals surface area (Å²) in [6, 6.07) is 28.7. The fourth-order valence-electron chi connectivity index (χ4n) is 7.45. The summed E-state index contributed by atoms with van der Waals surface area (Å²) in [4.78, 5) is 2.35. The third kappa shape index (κ3) is 5.15. The maximum absolute atomic E-state index is 7.14. The summed E-state index contributed by atoms with van der Waals surface area (Å²) >= 11 is 7.14. The molecule has 220 valence electrons. The van der Waals surface area contributed by atoms with E-state index in [0.29, 0.717) is 0 Å². The number of rotatable bonds is 6. The Morgan fingerprint density at radius 2 is 1.53 bits per heavy atom. The standard InChI is InChI=1S/C40H43ClN2/c1-39(2,33-20-12-15-27-13-7-9-18-31(27)33)35(42-5)25-22-29-16-11-17-30(38(29)41)23-26-36-40(3,4)37-32-19-10-8-14-28(32)21-24-34(37)43(36)6/h7-10,12-15,18-26,35,42H,11,16-17H2,1-6H3/b25-22+,30-23+,36-26+. The lowest BCUT2D eigenvalue weighted by molar-refractivity contribution is 0.419. The number of halogens is 1. The summed E-state index contributed by atoms with van der Waals surface area (Å²) < 4.78 is 0. The maximum atomic E-state index is 7.14. The Morgan fingerprint density at radius 1 is 0.860 bits per heavy atom. The van der Waals surface area contributed by atoms with Crippen LogP contribution in [0, 0.1) is 0 Å².